The molecule has 0 fully saturated rings. The third-order valence-electron chi connectivity index (χ3n) is 2.81. The van der Waals surface area contributed by atoms with Crippen molar-refractivity contribution in [2.45, 2.75) is 6.92 Å². The summed E-state index contributed by atoms with van der Waals surface area (Å²) in [7, 11) is 0. The van der Waals surface area contributed by atoms with Crippen LogP contribution in [0.2, 0.25) is 5.02 Å². The summed E-state index contributed by atoms with van der Waals surface area (Å²) in [5.41, 5.74) is 0.820. The molecule has 0 radical (unpaired) electrons. The van der Waals surface area contributed by atoms with Crippen LogP contribution in [0.3, 0.4) is 0 Å². The van der Waals surface area contributed by atoms with E-state index in [0.29, 0.717) is 5.69 Å². The van der Waals surface area contributed by atoms with Crippen LogP contribution in [0.1, 0.15) is 15.9 Å². The number of carbonyl (C=O) groups is 1. The zero-order valence-corrected chi connectivity index (χ0v) is 11.6. The van der Waals surface area contributed by atoms with Crippen molar-refractivity contribution in [3.63, 3.8) is 0 Å². The number of non-ortho nitro benzene ring substituents is 1. The predicted molar refractivity (Wildman–Crippen MR) is 77.3 cm³/mol. The first-order chi connectivity index (χ1) is 9.90. The second-order valence-corrected chi connectivity index (χ2v) is 4.64. The van der Waals surface area contributed by atoms with Crippen LogP contribution in [0, 0.1) is 17.0 Å². The number of carboxylic acid groups (broad SMARTS) is 1. The Kier molecular flexibility index (Phi) is 4.04. The molecule has 2 rings (SSSR count). The summed E-state index contributed by atoms with van der Waals surface area (Å²) in [6, 6.07) is 3.80. The number of pyridine rings is 1. The van der Waals surface area contributed by atoms with Crippen molar-refractivity contribution in [2.24, 2.45) is 0 Å². The van der Waals surface area contributed by atoms with Crippen LogP contribution in [-0.2, 0) is 0 Å². The summed E-state index contributed by atoms with van der Waals surface area (Å²) < 4.78 is 0. The van der Waals surface area contributed by atoms with E-state index in [1.807, 2.05) is 6.92 Å². The zero-order chi connectivity index (χ0) is 15.6. The van der Waals surface area contributed by atoms with Crippen molar-refractivity contribution >= 4 is 34.6 Å². The maximum Gasteiger partial charge on any atom is 0.338 e. The first kappa shape index (κ1) is 14.7. The molecule has 1 heterocycles. The summed E-state index contributed by atoms with van der Waals surface area (Å²) in [4.78, 5) is 25.3. The van der Waals surface area contributed by atoms with Crippen molar-refractivity contribution < 1.29 is 14.8 Å². The van der Waals surface area contributed by atoms with Crippen LogP contribution in [0.25, 0.3) is 0 Å². The highest BCUT2D eigenvalue weighted by atomic mass is 35.5. The van der Waals surface area contributed by atoms with Crippen LogP contribution in [0.15, 0.2) is 30.6 Å². The molecule has 0 saturated carbocycles. The molecule has 0 atom stereocenters. The number of hydrogen-bond donors (Lipinski definition) is 2. The molecule has 0 saturated heterocycles. The van der Waals surface area contributed by atoms with Gasteiger partial charge < -0.3 is 10.4 Å². The lowest BCUT2D eigenvalue weighted by molar-refractivity contribution is -0.384. The van der Waals surface area contributed by atoms with Crippen molar-refractivity contribution in [1.29, 1.82) is 0 Å². The number of nitro benzene ring substituents is 1. The molecule has 0 aliphatic carbocycles. The molecule has 7 nitrogen and oxygen atoms in total. The van der Waals surface area contributed by atoms with Gasteiger partial charge in [-0.2, -0.15) is 0 Å². The number of hydrogen-bond acceptors (Lipinski definition) is 5. The van der Waals surface area contributed by atoms with Crippen LogP contribution in [-0.4, -0.2) is 21.0 Å². The number of aromatic nitrogens is 1. The lowest BCUT2D eigenvalue weighted by atomic mass is 10.1. The topological polar surface area (TPSA) is 105 Å². The standard InChI is InChI=1S/C13H10ClN3O4/c1-7-2-3-15-6-11(7)16-12-9(13(18)19)4-8(17(20)21)5-10(12)14/h2-6,16H,1H3,(H,18,19). The molecule has 0 bridgehead atoms. The molecular formula is C13H10ClN3O4. The molecule has 0 aliphatic rings. The number of anilines is 2. The normalized spacial score (nSPS) is 10.2. The fourth-order valence-corrected chi connectivity index (χ4v) is 1.98. The monoisotopic (exact) mass is 307 g/mol. The second-order valence-electron chi connectivity index (χ2n) is 4.23. The minimum atomic E-state index is -1.32. The molecule has 21 heavy (non-hydrogen) atoms. The molecule has 108 valence electrons. The number of nitrogens with zero attached hydrogens (tertiary/aromatic N) is 2. The van der Waals surface area contributed by atoms with Crippen LogP contribution in [0.5, 0.6) is 0 Å². The number of aromatic carboxylic acids is 1. The van der Waals surface area contributed by atoms with Crippen molar-refractivity contribution in [3.8, 4) is 0 Å². The Morgan fingerprint density at radius 1 is 1.48 bits per heavy atom. The van der Waals surface area contributed by atoms with Gasteiger partial charge in [-0.15, -0.1) is 0 Å². The molecule has 0 unspecified atom stereocenters. The number of nitrogens with one attached hydrogen (secondary N) is 1. The van der Waals surface area contributed by atoms with E-state index in [4.69, 9.17) is 11.6 Å². The van der Waals surface area contributed by atoms with Gasteiger partial charge in [0.25, 0.3) is 5.69 Å². The van der Waals surface area contributed by atoms with E-state index in [1.165, 1.54) is 6.20 Å². The Morgan fingerprint density at radius 2 is 2.19 bits per heavy atom. The summed E-state index contributed by atoms with van der Waals surface area (Å²) in [5, 5.41) is 22.8. The molecule has 2 aromatic rings. The van der Waals surface area contributed by atoms with Gasteiger partial charge in [0.05, 0.1) is 33.1 Å². The minimum Gasteiger partial charge on any atom is -0.478 e. The quantitative estimate of drug-likeness (QED) is 0.662. The minimum absolute atomic E-state index is 0.0511. The summed E-state index contributed by atoms with van der Waals surface area (Å²) in [5.74, 6) is -1.32. The smallest absolute Gasteiger partial charge is 0.338 e. The van der Waals surface area contributed by atoms with Crippen LogP contribution in [0.4, 0.5) is 17.1 Å². The number of aryl methyl sites for hydroxylation is 1. The van der Waals surface area contributed by atoms with Crippen LogP contribution < -0.4 is 5.32 Å². The van der Waals surface area contributed by atoms with Gasteiger partial charge in [-0.25, -0.2) is 4.79 Å². The summed E-state index contributed by atoms with van der Waals surface area (Å²) in [6.07, 6.45) is 3.11. The molecule has 0 spiro atoms. The summed E-state index contributed by atoms with van der Waals surface area (Å²) >= 11 is 5.97. The largest absolute Gasteiger partial charge is 0.478 e. The number of nitro groups is 1. The first-order valence-corrected chi connectivity index (χ1v) is 6.17. The second kappa shape index (κ2) is 5.76. The van der Waals surface area contributed by atoms with Gasteiger partial charge in [-0.1, -0.05) is 11.6 Å². The van der Waals surface area contributed by atoms with Gasteiger partial charge in [0, 0.05) is 18.3 Å². The molecule has 0 aliphatic heterocycles. The predicted octanol–water partition coefficient (Wildman–Crippen LogP) is 3.39. The number of rotatable bonds is 4. The fraction of sp³-hybridized carbons (Fsp3) is 0.0769. The van der Waals surface area contributed by atoms with E-state index in [9.17, 15) is 20.0 Å². The van der Waals surface area contributed by atoms with Gasteiger partial charge in [0.1, 0.15) is 0 Å². The molecule has 2 N–H and O–H groups in total. The third kappa shape index (κ3) is 3.09. The van der Waals surface area contributed by atoms with E-state index < -0.39 is 10.9 Å². The average Bonchev–Trinajstić information content (AvgIpc) is 2.42. The summed E-state index contributed by atoms with van der Waals surface area (Å²) in [6.45, 7) is 1.81. The van der Waals surface area contributed by atoms with Gasteiger partial charge in [0.2, 0.25) is 0 Å². The van der Waals surface area contributed by atoms with E-state index in [1.54, 1.807) is 12.3 Å². The van der Waals surface area contributed by atoms with E-state index in [0.717, 1.165) is 17.7 Å². The first-order valence-electron chi connectivity index (χ1n) is 5.79. The van der Waals surface area contributed by atoms with Gasteiger partial charge in [0.15, 0.2) is 0 Å². The van der Waals surface area contributed by atoms with Crippen molar-refractivity contribution in [2.75, 3.05) is 5.32 Å². The van der Waals surface area contributed by atoms with Gasteiger partial charge in [-0.05, 0) is 18.6 Å². The SMILES string of the molecule is Cc1ccncc1Nc1c(Cl)cc([N+](=O)[O-])cc1C(=O)O. The highest BCUT2D eigenvalue weighted by Gasteiger charge is 2.20. The van der Waals surface area contributed by atoms with E-state index >= 15 is 0 Å². The van der Waals surface area contributed by atoms with E-state index in [-0.39, 0.29) is 22.0 Å². The third-order valence-corrected chi connectivity index (χ3v) is 3.11. The highest BCUT2D eigenvalue weighted by Crippen LogP contribution is 2.34. The molecule has 8 heteroatoms. The zero-order valence-electron chi connectivity index (χ0n) is 10.8. The molecular weight excluding hydrogens is 298 g/mol. The van der Waals surface area contributed by atoms with E-state index in [2.05, 4.69) is 10.3 Å². The average molecular weight is 308 g/mol. The lowest BCUT2D eigenvalue weighted by Crippen LogP contribution is -2.05. The maximum absolute atomic E-state index is 11.3. The molecule has 1 aromatic heterocycles. The van der Waals surface area contributed by atoms with Gasteiger partial charge in [-0.3, -0.25) is 15.1 Å². The van der Waals surface area contributed by atoms with Gasteiger partial charge >= 0.3 is 5.97 Å². The Morgan fingerprint density at radius 3 is 2.76 bits per heavy atom. The maximum atomic E-state index is 11.3. The number of benzene rings is 1. The van der Waals surface area contributed by atoms with Crippen molar-refractivity contribution in [3.05, 3.63) is 56.9 Å². The number of halogens is 1. The Balaban J connectivity index is 2.55. The Bertz CT molecular complexity index is 733. The van der Waals surface area contributed by atoms with Crippen molar-refractivity contribution in [1.82, 2.24) is 4.98 Å². The highest BCUT2D eigenvalue weighted by molar-refractivity contribution is 6.34. The fourth-order valence-electron chi connectivity index (χ4n) is 1.72. The number of carboxylic acids is 1. The Hall–Kier alpha value is -2.67. The lowest BCUT2D eigenvalue weighted by Gasteiger charge is -2.13. The molecule has 0 amide bonds. The molecule has 1 aromatic carbocycles. The Labute approximate surface area is 124 Å². The van der Waals surface area contributed by atoms with Crippen LogP contribution >= 0.6 is 11.6 Å².